The highest BCUT2D eigenvalue weighted by Gasteiger charge is 2.16. The molecule has 94 valence electrons. The van der Waals surface area contributed by atoms with Gasteiger partial charge >= 0.3 is 0 Å². The van der Waals surface area contributed by atoms with E-state index in [2.05, 4.69) is 0 Å². The number of halogens is 3. The second-order valence-electron chi connectivity index (χ2n) is 3.64. The number of nitrogens with zero attached hydrogens (tertiary/aromatic N) is 1. The fraction of sp³-hybridized carbons (Fsp3) is 0.417. The van der Waals surface area contributed by atoms with Crippen LogP contribution in [0.25, 0.3) is 0 Å². The molecule has 0 spiro atoms. The van der Waals surface area contributed by atoms with Crippen molar-refractivity contribution >= 4 is 17.5 Å². The van der Waals surface area contributed by atoms with E-state index in [0.717, 1.165) is 24.6 Å². The van der Waals surface area contributed by atoms with E-state index in [1.807, 2.05) is 6.92 Å². The van der Waals surface area contributed by atoms with Crippen molar-refractivity contribution in [2.75, 3.05) is 19.0 Å². The molecule has 5 heteroatoms. The largest absolute Gasteiger partial charge is 0.337 e. The highest BCUT2D eigenvalue weighted by atomic mass is 35.5. The third-order valence-electron chi connectivity index (χ3n) is 2.24. The number of alkyl halides is 1. The molecule has 0 fully saturated rings. The Kier molecular flexibility index (Phi) is 5.35. The van der Waals surface area contributed by atoms with Gasteiger partial charge in [-0.25, -0.2) is 8.78 Å². The van der Waals surface area contributed by atoms with Crippen LogP contribution in [-0.2, 0) is 0 Å². The minimum atomic E-state index is -0.754. The number of hydrogen-bond donors (Lipinski definition) is 0. The zero-order chi connectivity index (χ0) is 12.8. The van der Waals surface area contributed by atoms with Gasteiger partial charge < -0.3 is 4.90 Å². The molecule has 0 aliphatic rings. The van der Waals surface area contributed by atoms with Gasteiger partial charge in [0.05, 0.1) is 0 Å². The third kappa shape index (κ3) is 3.97. The van der Waals surface area contributed by atoms with Crippen LogP contribution in [0.3, 0.4) is 0 Å². The SMILES string of the molecule is CCCN(CCCl)C(=O)c1cc(F)cc(F)c1. The van der Waals surface area contributed by atoms with Crippen molar-refractivity contribution in [3.8, 4) is 0 Å². The minimum absolute atomic E-state index is 0.0149. The fourth-order valence-corrected chi connectivity index (χ4v) is 1.75. The summed E-state index contributed by atoms with van der Waals surface area (Å²) in [5.41, 5.74) is 0.0149. The average Bonchev–Trinajstić information content (AvgIpc) is 2.26. The molecule has 0 saturated carbocycles. The topological polar surface area (TPSA) is 20.3 Å². The summed E-state index contributed by atoms with van der Waals surface area (Å²) >= 11 is 5.58. The summed E-state index contributed by atoms with van der Waals surface area (Å²) in [6.45, 7) is 2.80. The smallest absolute Gasteiger partial charge is 0.254 e. The van der Waals surface area contributed by atoms with Gasteiger partial charge in [0.15, 0.2) is 0 Å². The molecule has 0 bridgehead atoms. The van der Waals surface area contributed by atoms with E-state index in [1.54, 1.807) is 0 Å². The summed E-state index contributed by atoms with van der Waals surface area (Å²) < 4.78 is 26.0. The molecule has 2 nitrogen and oxygen atoms in total. The van der Waals surface area contributed by atoms with E-state index in [1.165, 1.54) is 4.90 Å². The summed E-state index contributed by atoms with van der Waals surface area (Å²) in [5.74, 6) is -1.61. The van der Waals surface area contributed by atoms with Crippen LogP contribution in [0.2, 0.25) is 0 Å². The van der Waals surface area contributed by atoms with E-state index < -0.39 is 17.5 Å². The van der Waals surface area contributed by atoms with Crippen LogP contribution in [0.15, 0.2) is 18.2 Å². The molecule has 1 aromatic carbocycles. The lowest BCUT2D eigenvalue weighted by molar-refractivity contribution is 0.0764. The van der Waals surface area contributed by atoms with Gasteiger partial charge in [0, 0.05) is 30.6 Å². The summed E-state index contributed by atoms with van der Waals surface area (Å²) in [4.78, 5) is 13.5. The molecule has 17 heavy (non-hydrogen) atoms. The van der Waals surface area contributed by atoms with Crippen molar-refractivity contribution in [1.82, 2.24) is 4.90 Å². The standard InChI is InChI=1S/C12H14ClF2NO/c1-2-4-16(5-3-13)12(17)9-6-10(14)8-11(15)7-9/h6-8H,2-5H2,1H3. The normalized spacial score (nSPS) is 10.4. The van der Waals surface area contributed by atoms with Crippen LogP contribution >= 0.6 is 11.6 Å². The maximum atomic E-state index is 13.0. The van der Waals surface area contributed by atoms with Gasteiger partial charge in [0.25, 0.3) is 5.91 Å². The first kappa shape index (κ1) is 13.9. The molecule has 1 rings (SSSR count). The van der Waals surface area contributed by atoms with Gasteiger partial charge in [-0.05, 0) is 18.6 Å². The number of amides is 1. The van der Waals surface area contributed by atoms with Crippen LogP contribution < -0.4 is 0 Å². The minimum Gasteiger partial charge on any atom is -0.337 e. The van der Waals surface area contributed by atoms with E-state index in [-0.39, 0.29) is 5.56 Å². The van der Waals surface area contributed by atoms with Crippen LogP contribution in [0.5, 0.6) is 0 Å². The molecule has 0 radical (unpaired) electrons. The molecule has 0 aliphatic carbocycles. The van der Waals surface area contributed by atoms with Crippen LogP contribution in [0, 0.1) is 11.6 Å². The summed E-state index contributed by atoms with van der Waals surface area (Å²) in [6.07, 6.45) is 0.764. The van der Waals surface area contributed by atoms with Crippen molar-refractivity contribution in [3.05, 3.63) is 35.4 Å². The zero-order valence-corrected chi connectivity index (χ0v) is 10.3. The lowest BCUT2D eigenvalue weighted by atomic mass is 10.2. The Morgan fingerprint density at radius 2 is 1.82 bits per heavy atom. The summed E-state index contributed by atoms with van der Waals surface area (Å²) in [5, 5.41) is 0. The third-order valence-corrected chi connectivity index (χ3v) is 2.41. The second-order valence-corrected chi connectivity index (χ2v) is 4.02. The lowest BCUT2D eigenvalue weighted by Crippen LogP contribution is -2.33. The maximum Gasteiger partial charge on any atom is 0.254 e. The highest BCUT2D eigenvalue weighted by molar-refractivity contribution is 6.18. The van der Waals surface area contributed by atoms with E-state index in [9.17, 15) is 13.6 Å². The summed E-state index contributed by atoms with van der Waals surface area (Å²) in [7, 11) is 0. The zero-order valence-electron chi connectivity index (χ0n) is 9.55. The summed E-state index contributed by atoms with van der Waals surface area (Å²) in [6, 6.07) is 2.80. The number of rotatable bonds is 5. The van der Waals surface area contributed by atoms with Crippen molar-refractivity contribution in [2.45, 2.75) is 13.3 Å². The van der Waals surface area contributed by atoms with E-state index in [4.69, 9.17) is 11.6 Å². The van der Waals surface area contributed by atoms with Crippen molar-refractivity contribution in [1.29, 1.82) is 0 Å². The predicted octanol–water partition coefficient (Wildman–Crippen LogP) is 3.06. The molecule has 1 amide bonds. The molecular weight excluding hydrogens is 248 g/mol. The maximum absolute atomic E-state index is 13.0. The van der Waals surface area contributed by atoms with Gasteiger partial charge in [-0.3, -0.25) is 4.79 Å². The number of hydrogen-bond acceptors (Lipinski definition) is 1. The quantitative estimate of drug-likeness (QED) is 0.746. The number of carbonyl (C=O) groups excluding carboxylic acids is 1. The fourth-order valence-electron chi connectivity index (χ4n) is 1.55. The van der Waals surface area contributed by atoms with Gasteiger partial charge in [0.2, 0.25) is 0 Å². The Morgan fingerprint density at radius 1 is 1.24 bits per heavy atom. The Balaban J connectivity index is 2.92. The number of carbonyl (C=O) groups is 1. The molecule has 0 aliphatic heterocycles. The van der Waals surface area contributed by atoms with Gasteiger partial charge in [-0.1, -0.05) is 6.92 Å². The molecule has 0 saturated heterocycles. The molecule has 0 atom stereocenters. The lowest BCUT2D eigenvalue weighted by Gasteiger charge is -2.21. The van der Waals surface area contributed by atoms with Gasteiger partial charge in [-0.15, -0.1) is 11.6 Å². The van der Waals surface area contributed by atoms with E-state index in [0.29, 0.717) is 19.0 Å². The Morgan fingerprint density at radius 3 is 2.29 bits per heavy atom. The Hall–Kier alpha value is -1.16. The van der Waals surface area contributed by atoms with Crippen LogP contribution in [0.4, 0.5) is 8.78 Å². The second kappa shape index (κ2) is 6.55. The van der Waals surface area contributed by atoms with E-state index >= 15 is 0 Å². The predicted molar refractivity (Wildman–Crippen MR) is 63.3 cm³/mol. The molecule has 1 aromatic rings. The first-order valence-corrected chi connectivity index (χ1v) is 5.93. The van der Waals surface area contributed by atoms with Crippen LogP contribution in [-0.4, -0.2) is 29.8 Å². The molecule has 0 N–H and O–H groups in total. The monoisotopic (exact) mass is 261 g/mol. The van der Waals surface area contributed by atoms with Crippen LogP contribution in [0.1, 0.15) is 23.7 Å². The highest BCUT2D eigenvalue weighted by Crippen LogP contribution is 2.11. The van der Waals surface area contributed by atoms with Gasteiger partial charge in [0.1, 0.15) is 11.6 Å². The van der Waals surface area contributed by atoms with Crippen molar-refractivity contribution in [2.24, 2.45) is 0 Å². The number of benzene rings is 1. The van der Waals surface area contributed by atoms with Gasteiger partial charge in [-0.2, -0.15) is 0 Å². The molecule has 0 unspecified atom stereocenters. The Labute approximate surface area is 104 Å². The molecule has 0 heterocycles. The average molecular weight is 262 g/mol. The first-order valence-electron chi connectivity index (χ1n) is 5.39. The Bertz CT molecular complexity index is 372. The van der Waals surface area contributed by atoms with Crippen molar-refractivity contribution in [3.63, 3.8) is 0 Å². The molecular formula is C12H14ClF2NO. The molecule has 0 aromatic heterocycles. The van der Waals surface area contributed by atoms with Crippen molar-refractivity contribution < 1.29 is 13.6 Å². The first-order chi connectivity index (χ1) is 8.08.